The highest BCUT2D eigenvalue weighted by atomic mass is 16.5. The number of ether oxygens (including phenoxy) is 1. The number of hydrogen-bond acceptors (Lipinski definition) is 5. The Kier molecular flexibility index (Phi) is 5.24. The van der Waals surface area contributed by atoms with Crippen molar-refractivity contribution in [2.24, 2.45) is 13.0 Å². The van der Waals surface area contributed by atoms with Crippen LogP contribution < -0.4 is 0 Å². The molecule has 8 heteroatoms. The summed E-state index contributed by atoms with van der Waals surface area (Å²) in [6.07, 6.45) is 8.72. The second-order valence-corrected chi connectivity index (χ2v) is 7.67. The van der Waals surface area contributed by atoms with Gasteiger partial charge in [0.1, 0.15) is 6.33 Å². The minimum absolute atomic E-state index is 0.130. The van der Waals surface area contributed by atoms with Crippen LogP contribution in [0.3, 0.4) is 0 Å². The standard InChI is InChI=1S/C19H28N6O2/c1-3-27-12-16-11-24(19(26)18-20-13-23(2)22-18)10-15-8-21-25(17(15)16)9-14-6-4-5-7-14/h8,13-14,16H,3-7,9-12H2,1-2H3/t16-/m0/s1. The second-order valence-electron chi connectivity index (χ2n) is 7.67. The first kappa shape index (κ1) is 18.2. The summed E-state index contributed by atoms with van der Waals surface area (Å²) < 4.78 is 9.48. The topological polar surface area (TPSA) is 78.1 Å². The molecule has 0 aromatic carbocycles. The Hall–Kier alpha value is -2.22. The van der Waals surface area contributed by atoms with Crippen LogP contribution in [-0.2, 0) is 24.9 Å². The van der Waals surface area contributed by atoms with Gasteiger partial charge < -0.3 is 9.64 Å². The van der Waals surface area contributed by atoms with Crippen molar-refractivity contribution in [2.75, 3.05) is 19.8 Å². The van der Waals surface area contributed by atoms with Crippen molar-refractivity contribution in [3.63, 3.8) is 0 Å². The van der Waals surface area contributed by atoms with E-state index in [1.807, 2.05) is 18.0 Å². The third kappa shape index (κ3) is 3.76. The molecule has 0 radical (unpaired) electrons. The highest BCUT2D eigenvalue weighted by Crippen LogP contribution is 2.32. The van der Waals surface area contributed by atoms with E-state index in [4.69, 9.17) is 4.74 Å². The molecule has 2 aliphatic rings. The molecular formula is C19H28N6O2. The van der Waals surface area contributed by atoms with E-state index in [1.54, 1.807) is 18.1 Å². The zero-order chi connectivity index (χ0) is 18.8. The van der Waals surface area contributed by atoms with Crippen LogP contribution in [0.4, 0.5) is 0 Å². The number of aromatic nitrogens is 5. The summed E-state index contributed by atoms with van der Waals surface area (Å²) in [4.78, 5) is 18.8. The lowest BCUT2D eigenvalue weighted by molar-refractivity contribution is 0.0634. The average molecular weight is 372 g/mol. The van der Waals surface area contributed by atoms with Gasteiger partial charge in [0.15, 0.2) is 0 Å². The minimum atomic E-state index is -0.133. The first-order valence-electron chi connectivity index (χ1n) is 9.93. The normalized spacial score (nSPS) is 20.2. The monoisotopic (exact) mass is 372 g/mol. The molecule has 146 valence electrons. The molecule has 0 spiro atoms. The summed E-state index contributed by atoms with van der Waals surface area (Å²) >= 11 is 0. The van der Waals surface area contributed by atoms with Crippen LogP contribution in [-0.4, -0.2) is 55.1 Å². The van der Waals surface area contributed by atoms with E-state index >= 15 is 0 Å². The van der Waals surface area contributed by atoms with E-state index < -0.39 is 0 Å². The van der Waals surface area contributed by atoms with Gasteiger partial charge in [0, 0.05) is 44.8 Å². The third-order valence-corrected chi connectivity index (χ3v) is 5.66. The fourth-order valence-electron chi connectivity index (χ4n) is 4.36. The van der Waals surface area contributed by atoms with Crippen molar-refractivity contribution in [1.29, 1.82) is 0 Å². The summed E-state index contributed by atoms with van der Waals surface area (Å²) in [5, 5.41) is 8.84. The lowest BCUT2D eigenvalue weighted by atomic mass is 9.96. The summed E-state index contributed by atoms with van der Waals surface area (Å²) in [5.74, 6) is 0.963. The van der Waals surface area contributed by atoms with Crippen LogP contribution in [0.15, 0.2) is 12.5 Å². The van der Waals surface area contributed by atoms with Gasteiger partial charge in [-0.1, -0.05) is 12.8 Å². The van der Waals surface area contributed by atoms with Gasteiger partial charge in [0.25, 0.3) is 5.91 Å². The first-order valence-corrected chi connectivity index (χ1v) is 9.93. The molecule has 1 saturated carbocycles. The number of fused-ring (bicyclic) bond motifs is 1. The molecule has 2 aromatic rings. The van der Waals surface area contributed by atoms with Crippen LogP contribution in [0, 0.1) is 5.92 Å². The molecule has 4 rings (SSSR count). The molecule has 2 aromatic heterocycles. The van der Waals surface area contributed by atoms with Crippen molar-refractivity contribution in [1.82, 2.24) is 29.4 Å². The SMILES string of the molecule is CCOC[C@@H]1CN(C(=O)c2ncn(C)n2)Cc2cnn(CC3CCCC3)c21. The predicted molar refractivity (Wildman–Crippen MR) is 99.2 cm³/mol. The molecule has 0 unspecified atom stereocenters. The molecule has 8 nitrogen and oxygen atoms in total. The Bertz CT molecular complexity index is 792. The van der Waals surface area contributed by atoms with E-state index in [-0.39, 0.29) is 17.6 Å². The molecule has 3 heterocycles. The summed E-state index contributed by atoms with van der Waals surface area (Å²) in [6.45, 7) is 5.41. The van der Waals surface area contributed by atoms with Crippen LogP contribution >= 0.6 is 0 Å². The first-order chi connectivity index (χ1) is 13.2. The maximum absolute atomic E-state index is 12.8. The van der Waals surface area contributed by atoms with E-state index in [0.717, 1.165) is 18.0 Å². The molecule has 1 fully saturated rings. The molecule has 27 heavy (non-hydrogen) atoms. The van der Waals surface area contributed by atoms with E-state index in [0.29, 0.717) is 26.3 Å². The van der Waals surface area contributed by atoms with E-state index in [2.05, 4.69) is 19.9 Å². The second kappa shape index (κ2) is 7.80. The summed E-state index contributed by atoms with van der Waals surface area (Å²) in [5.41, 5.74) is 2.36. The Labute approximate surface area is 159 Å². The van der Waals surface area contributed by atoms with E-state index in [9.17, 15) is 4.79 Å². The lowest BCUT2D eigenvalue weighted by Crippen LogP contribution is -2.40. The Morgan fingerprint density at radius 1 is 1.33 bits per heavy atom. The van der Waals surface area contributed by atoms with Crippen molar-refractivity contribution in [3.05, 3.63) is 29.6 Å². The van der Waals surface area contributed by atoms with Gasteiger partial charge in [0.05, 0.1) is 18.5 Å². The number of hydrogen-bond donors (Lipinski definition) is 0. The van der Waals surface area contributed by atoms with Crippen LogP contribution in [0.2, 0.25) is 0 Å². The van der Waals surface area contributed by atoms with Gasteiger partial charge in [-0.05, 0) is 25.7 Å². The summed E-state index contributed by atoms with van der Waals surface area (Å²) in [7, 11) is 1.77. The Morgan fingerprint density at radius 2 is 2.15 bits per heavy atom. The molecule has 0 N–H and O–H groups in total. The van der Waals surface area contributed by atoms with Gasteiger partial charge in [-0.15, -0.1) is 5.10 Å². The quantitative estimate of drug-likeness (QED) is 0.775. The van der Waals surface area contributed by atoms with Crippen LogP contribution in [0.5, 0.6) is 0 Å². The maximum Gasteiger partial charge on any atom is 0.293 e. The number of carbonyl (C=O) groups excluding carboxylic acids is 1. The van der Waals surface area contributed by atoms with Crippen molar-refractivity contribution < 1.29 is 9.53 Å². The fourth-order valence-corrected chi connectivity index (χ4v) is 4.36. The Balaban J connectivity index is 1.57. The number of aryl methyl sites for hydroxylation is 1. The lowest BCUT2D eigenvalue weighted by Gasteiger charge is -2.33. The molecule has 1 atom stereocenters. The van der Waals surface area contributed by atoms with Crippen molar-refractivity contribution >= 4 is 5.91 Å². The molecule has 1 aliphatic heterocycles. The average Bonchev–Trinajstić information content (AvgIpc) is 3.41. The molecule has 0 saturated heterocycles. The van der Waals surface area contributed by atoms with Crippen LogP contribution in [0.1, 0.15) is 60.4 Å². The van der Waals surface area contributed by atoms with Crippen molar-refractivity contribution in [3.8, 4) is 0 Å². The highest BCUT2D eigenvalue weighted by Gasteiger charge is 2.34. The van der Waals surface area contributed by atoms with E-state index in [1.165, 1.54) is 31.4 Å². The van der Waals surface area contributed by atoms with Crippen LogP contribution in [0.25, 0.3) is 0 Å². The third-order valence-electron chi connectivity index (χ3n) is 5.66. The van der Waals surface area contributed by atoms with Gasteiger partial charge >= 0.3 is 0 Å². The smallest absolute Gasteiger partial charge is 0.293 e. The number of rotatable bonds is 6. The number of carbonyl (C=O) groups is 1. The molecular weight excluding hydrogens is 344 g/mol. The van der Waals surface area contributed by atoms with Gasteiger partial charge in [-0.2, -0.15) is 5.10 Å². The fraction of sp³-hybridized carbons (Fsp3) is 0.684. The van der Waals surface area contributed by atoms with Gasteiger partial charge in [0.2, 0.25) is 5.82 Å². The highest BCUT2D eigenvalue weighted by molar-refractivity contribution is 5.90. The zero-order valence-electron chi connectivity index (χ0n) is 16.2. The Morgan fingerprint density at radius 3 is 2.85 bits per heavy atom. The van der Waals surface area contributed by atoms with Crippen molar-refractivity contribution in [2.45, 2.75) is 51.6 Å². The largest absolute Gasteiger partial charge is 0.381 e. The molecule has 0 bridgehead atoms. The van der Waals surface area contributed by atoms with Gasteiger partial charge in [-0.25, -0.2) is 4.98 Å². The predicted octanol–water partition coefficient (Wildman–Crippen LogP) is 1.98. The molecule has 1 amide bonds. The minimum Gasteiger partial charge on any atom is -0.381 e. The summed E-state index contributed by atoms with van der Waals surface area (Å²) in [6, 6.07) is 0. The zero-order valence-corrected chi connectivity index (χ0v) is 16.2. The number of nitrogens with zero attached hydrogens (tertiary/aromatic N) is 6. The maximum atomic E-state index is 12.8. The number of amides is 1. The molecule has 1 aliphatic carbocycles. The van der Waals surface area contributed by atoms with Gasteiger partial charge in [-0.3, -0.25) is 14.2 Å².